The quantitative estimate of drug-likeness (QED) is 0.828. The lowest BCUT2D eigenvalue weighted by atomic mass is 10.2. The average Bonchev–Trinajstić information content (AvgIpc) is 2.63. The Bertz CT molecular complexity index is 701. The zero-order chi connectivity index (χ0) is 16.9. The van der Waals surface area contributed by atoms with Crippen LogP contribution in [0.4, 0.5) is 5.69 Å². The molecule has 0 aromatic heterocycles. The minimum absolute atomic E-state index is 0.0363. The predicted octanol–water partition coefficient (Wildman–Crippen LogP) is 3.72. The third-order valence-corrected chi connectivity index (χ3v) is 4.82. The van der Waals surface area contributed by atoms with Gasteiger partial charge < -0.3 is 14.5 Å². The lowest BCUT2D eigenvalue weighted by molar-refractivity contribution is -0.133. The number of halogens is 2. The topological polar surface area (TPSA) is 32.8 Å². The van der Waals surface area contributed by atoms with Crippen molar-refractivity contribution in [3.05, 3.63) is 58.6 Å². The van der Waals surface area contributed by atoms with Crippen molar-refractivity contribution in [2.45, 2.75) is 0 Å². The van der Waals surface area contributed by atoms with Crippen molar-refractivity contribution in [3.63, 3.8) is 0 Å². The molecule has 0 saturated carbocycles. The molecule has 0 aliphatic carbocycles. The number of para-hydroxylation sites is 1. The standard InChI is InChI=1S/C18H18Cl2N2O2/c19-15-7-4-8-16(18(15)20)24-13-17(23)22-11-9-21(10-12-22)14-5-2-1-3-6-14/h1-8H,9-13H2. The number of amides is 1. The highest BCUT2D eigenvalue weighted by molar-refractivity contribution is 6.42. The second-order valence-corrected chi connectivity index (χ2v) is 6.33. The molecule has 1 fully saturated rings. The minimum atomic E-state index is -0.0428. The van der Waals surface area contributed by atoms with Crippen molar-refractivity contribution in [1.82, 2.24) is 4.90 Å². The number of ether oxygens (including phenoxy) is 1. The summed E-state index contributed by atoms with van der Waals surface area (Å²) in [7, 11) is 0. The number of benzene rings is 2. The van der Waals surface area contributed by atoms with E-state index in [1.165, 1.54) is 5.69 Å². The summed E-state index contributed by atoms with van der Waals surface area (Å²) >= 11 is 12.0. The predicted molar refractivity (Wildman–Crippen MR) is 97.2 cm³/mol. The van der Waals surface area contributed by atoms with E-state index in [0.717, 1.165) is 13.1 Å². The first kappa shape index (κ1) is 16.9. The van der Waals surface area contributed by atoms with E-state index in [2.05, 4.69) is 17.0 Å². The van der Waals surface area contributed by atoms with Gasteiger partial charge in [0.2, 0.25) is 0 Å². The molecule has 0 atom stereocenters. The number of carbonyl (C=O) groups is 1. The molecule has 1 heterocycles. The van der Waals surface area contributed by atoms with Crippen molar-refractivity contribution in [1.29, 1.82) is 0 Å². The number of piperazine rings is 1. The van der Waals surface area contributed by atoms with Crippen LogP contribution in [0.3, 0.4) is 0 Å². The maximum Gasteiger partial charge on any atom is 0.260 e. The van der Waals surface area contributed by atoms with E-state index >= 15 is 0 Å². The normalized spacial score (nSPS) is 14.6. The molecule has 3 rings (SSSR count). The Labute approximate surface area is 151 Å². The first-order chi connectivity index (χ1) is 11.6. The van der Waals surface area contributed by atoms with E-state index in [1.807, 2.05) is 23.1 Å². The highest BCUT2D eigenvalue weighted by Gasteiger charge is 2.21. The number of hydrogen-bond acceptors (Lipinski definition) is 3. The van der Waals surface area contributed by atoms with Crippen LogP contribution in [0.25, 0.3) is 0 Å². The van der Waals surface area contributed by atoms with Gasteiger partial charge in [-0.3, -0.25) is 4.79 Å². The molecule has 0 bridgehead atoms. The van der Waals surface area contributed by atoms with Gasteiger partial charge in [0.25, 0.3) is 5.91 Å². The molecular formula is C18H18Cl2N2O2. The highest BCUT2D eigenvalue weighted by atomic mass is 35.5. The monoisotopic (exact) mass is 364 g/mol. The SMILES string of the molecule is O=C(COc1cccc(Cl)c1Cl)N1CCN(c2ccccc2)CC1. The zero-order valence-electron chi connectivity index (χ0n) is 13.1. The summed E-state index contributed by atoms with van der Waals surface area (Å²) in [6.07, 6.45) is 0. The smallest absolute Gasteiger partial charge is 0.260 e. The van der Waals surface area contributed by atoms with Crippen molar-refractivity contribution in [2.75, 3.05) is 37.7 Å². The van der Waals surface area contributed by atoms with Crippen molar-refractivity contribution in [3.8, 4) is 5.75 Å². The second-order valence-electron chi connectivity index (χ2n) is 5.54. The first-order valence-electron chi connectivity index (χ1n) is 7.80. The molecule has 4 nitrogen and oxygen atoms in total. The van der Waals surface area contributed by atoms with Crippen molar-refractivity contribution < 1.29 is 9.53 Å². The molecule has 1 amide bonds. The molecule has 24 heavy (non-hydrogen) atoms. The van der Waals surface area contributed by atoms with Crippen LogP contribution in [0.5, 0.6) is 5.75 Å². The van der Waals surface area contributed by atoms with Crippen LogP contribution in [-0.2, 0) is 4.79 Å². The van der Waals surface area contributed by atoms with Crippen molar-refractivity contribution in [2.24, 2.45) is 0 Å². The number of rotatable bonds is 4. The molecule has 1 aliphatic rings. The largest absolute Gasteiger partial charge is 0.482 e. The van der Waals surface area contributed by atoms with Gasteiger partial charge in [-0.05, 0) is 24.3 Å². The third kappa shape index (κ3) is 3.94. The van der Waals surface area contributed by atoms with Crippen LogP contribution < -0.4 is 9.64 Å². The molecule has 6 heteroatoms. The molecule has 0 unspecified atom stereocenters. The highest BCUT2D eigenvalue weighted by Crippen LogP contribution is 2.31. The summed E-state index contributed by atoms with van der Waals surface area (Å²) in [5.74, 6) is 0.388. The molecule has 0 radical (unpaired) electrons. The number of anilines is 1. The van der Waals surface area contributed by atoms with Gasteiger partial charge in [-0.15, -0.1) is 0 Å². The van der Waals surface area contributed by atoms with Gasteiger partial charge in [0.15, 0.2) is 6.61 Å². The molecule has 1 saturated heterocycles. The summed E-state index contributed by atoms with van der Waals surface area (Å²) < 4.78 is 5.52. The number of hydrogen-bond donors (Lipinski definition) is 0. The van der Waals surface area contributed by atoms with Gasteiger partial charge in [0, 0.05) is 31.9 Å². The maximum absolute atomic E-state index is 12.3. The van der Waals surface area contributed by atoms with E-state index in [1.54, 1.807) is 18.2 Å². The molecular weight excluding hydrogens is 347 g/mol. The van der Waals surface area contributed by atoms with Gasteiger partial charge in [-0.1, -0.05) is 47.5 Å². The van der Waals surface area contributed by atoms with Gasteiger partial charge in [0.05, 0.1) is 5.02 Å². The molecule has 126 valence electrons. The van der Waals surface area contributed by atoms with Crippen LogP contribution >= 0.6 is 23.2 Å². The van der Waals surface area contributed by atoms with E-state index in [0.29, 0.717) is 28.9 Å². The second kappa shape index (κ2) is 7.77. The van der Waals surface area contributed by atoms with E-state index in [-0.39, 0.29) is 12.5 Å². The Morgan fingerprint density at radius 1 is 0.958 bits per heavy atom. The third-order valence-electron chi connectivity index (χ3n) is 4.02. The van der Waals surface area contributed by atoms with Crippen LogP contribution in [0.1, 0.15) is 0 Å². The fraction of sp³-hybridized carbons (Fsp3) is 0.278. The summed E-state index contributed by atoms with van der Waals surface area (Å²) in [6.45, 7) is 2.95. The van der Waals surface area contributed by atoms with Crippen LogP contribution in [0.2, 0.25) is 10.0 Å². The van der Waals surface area contributed by atoms with Crippen LogP contribution in [0, 0.1) is 0 Å². The Kier molecular flexibility index (Phi) is 5.48. The van der Waals surface area contributed by atoms with Gasteiger partial charge in [-0.2, -0.15) is 0 Å². The van der Waals surface area contributed by atoms with Crippen molar-refractivity contribution >= 4 is 34.8 Å². The summed E-state index contributed by atoms with van der Waals surface area (Å²) in [6, 6.07) is 15.3. The summed E-state index contributed by atoms with van der Waals surface area (Å²) in [5, 5.41) is 0.749. The fourth-order valence-electron chi connectivity index (χ4n) is 2.68. The number of carbonyl (C=O) groups excluding carboxylic acids is 1. The number of nitrogens with zero attached hydrogens (tertiary/aromatic N) is 2. The van der Waals surface area contributed by atoms with Crippen LogP contribution in [-0.4, -0.2) is 43.6 Å². The van der Waals surface area contributed by atoms with Crippen LogP contribution in [0.15, 0.2) is 48.5 Å². The van der Waals surface area contributed by atoms with Gasteiger partial charge >= 0.3 is 0 Å². The first-order valence-corrected chi connectivity index (χ1v) is 8.55. The van der Waals surface area contributed by atoms with Gasteiger partial charge in [0.1, 0.15) is 10.8 Å². The van der Waals surface area contributed by atoms with Gasteiger partial charge in [-0.25, -0.2) is 0 Å². The molecule has 0 N–H and O–H groups in total. The fourth-order valence-corrected chi connectivity index (χ4v) is 3.03. The zero-order valence-corrected chi connectivity index (χ0v) is 14.6. The van der Waals surface area contributed by atoms with E-state index in [9.17, 15) is 4.79 Å². The lowest BCUT2D eigenvalue weighted by Gasteiger charge is -2.36. The molecule has 0 spiro atoms. The Balaban J connectivity index is 1.51. The molecule has 2 aromatic rings. The lowest BCUT2D eigenvalue weighted by Crippen LogP contribution is -2.50. The maximum atomic E-state index is 12.3. The van der Waals surface area contributed by atoms with E-state index in [4.69, 9.17) is 27.9 Å². The van der Waals surface area contributed by atoms with E-state index < -0.39 is 0 Å². The minimum Gasteiger partial charge on any atom is -0.482 e. The molecule has 1 aliphatic heterocycles. The summed E-state index contributed by atoms with van der Waals surface area (Å²) in [4.78, 5) is 16.4. The Hall–Kier alpha value is -1.91. The summed E-state index contributed by atoms with van der Waals surface area (Å²) in [5.41, 5.74) is 1.19. The average molecular weight is 365 g/mol. The Morgan fingerprint density at radius 2 is 1.67 bits per heavy atom. The molecule has 2 aromatic carbocycles. The Morgan fingerprint density at radius 3 is 2.38 bits per heavy atom.